The van der Waals surface area contributed by atoms with Gasteiger partial charge in [-0.15, -0.1) is 0 Å². The quantitative estimate of drug-likeness (QED) is 0.579. The average molecular weight is 439 g/mol. The summed E-state index contributed by atoms with van der Waals surface area (Å²) in [7, 11) is 2.16. The first-order valence-electron chi connectivity index (χ1n) is 11.7. The van der Waals surface area contributed by atoms with Crippen molar-refractivity contribution < 1.29 is 18.7 Å². The highest BCUT2D eigenvalue weighted by Gasteiger charge is 2.68. The number of para-hydroxylation sites is 1. The molecule has 3 aliphatic rings. The molecular weight excluding hydrogens is 407 g/mol. The number of benzene rings is 2. The van der Waals surface area contributed by atoms with Gasteiger partial charge in [-0.3, -0.25) is 9.69 Å². The van der Waals surface area contributed by atoms with Crippen LogP contribution in [0.3, 0.4) is 0 Å². The van der Waals surface area contributed by atoms with Crippen molar-refractivity contribution in [1.82, 2.24) is 9.80 Å². The summed E-state index contributed by atoms with van der Waals surface area (Å²) < 4.78 is 24.7. The van der Waals surface area contributed by atoms with Crippen LogP contribution in [0.4, 0.5) is 4.39 Å². The number of likely N-dealkylation sites (tertiary alicyclic amines) is 1. The van der Waals surface area contributed by atoms with E-state index in [0.29, 0.717) is 12.6 Å². The highest BCUT2D eigenvalue weighted by molar-refractivity contribution is 6.10. The number of ether oxygens (including phenoxy) is 2. The summed E-state index contributed by atoms with van der Waals surface area (Å²) in [5.41, 5.74) is 0.0988. The third-order valence-corrected chi connectivity index (χ3v) is 7.26. The Bertz CT molecular complexity index is 958. The number of hydrogen-bond acceptors (Lipinski definition) is 5. The van der Waals surface area contributed by atoms with Gasteiger partial charge in [0, 0.05) is 12.5 Å². The molecule has 2 atom stereocenters. The van der Waals surface area contributed by atoms with E-state index in [1.165, 1.54) is 12.1 Å². The maximum atomic E-state index is 12.9. The predicted octanol–water partition coefficient (Wildman–Crippen LogP) is 4.17. The first-order chi connectivity index (χ1) is 15.6. The minimum Gasteiger partial charge on any atom is -0.494 e. The largest absolute Gasteiger partial charge is 0.494 e. The molecule has 1 saturated carbocycles. The highest BCUT2D eigenvalue weighted by Crippen LogP contribution is 2.52. The van der Waals surface area contributed by atoms with Gasteiger partial charge in [0.15, 0.2) is 5.60 Å². The Balaban J connectivity index is 1.02. The standard InChI is InChI=1S/C26H31FN2O3/c1-28(24-18-26(24)25(30)22-6-2-3-7-23(22)32-26)20-12-15-29(16-13-20)14-4-5-17-31-21-10-8-19(27)9-11-21/h2-3,6-11,20,24H,4-5,12-18H2,1H3. The maximum absolute atomic E-state index is 12.9. The van der Waals surface area contributed by atoms with Crippen LogP contribution in [0.2, 0.25) is 0 Å². The van der Waals surface area contributed by atoms with Crippen LogP contribution in [0.5, 0.6) is 11.5 Å². The van der Waals surface area contributed by atoms with Crippen LogP contribution in [0.1, 0.15) is 42.5 Å². The van der Waals surface area contributed by atoms with E-state index in [9.17, 15) is 9.18 Å². The minimum atomic E-state index is -0.639. The number of Topliss-reactive ketones (excluding diaryl/α,β-unsaturated/α-hetero) is 1. The number of rotatable bonds is 8. The van der Waals surface area contributed by atoms with Crippen LogP contribution in [0.15, 0.2) is 48.5 Å². The number of ketones is 1. The maximum Gasteiger partial charge on any atom is 0.211 e. The molecule has 1 spiro atoms. The highest BCUT2D eigenvalue weighted by atomic mass is 19.1. The predicted molar refractivity (Wildman–Crippen MR) is 121 cm³/mol. The van der Waals surface area contributed by atoms with Crippen molar-refractivity contribution >= 4 is 5.78 Å². The van der Waals surface area contributed by atoms with E-state index in [1.807, 2.05) is 24.3 Å². The summed E-state index contributed by atoms with van der Waals surface area (Å²) in [5.74, 6) is 1.38. The summed E-state index contributed by atoms with van der Waals surface area (Å²) in [6, 6.07) is 14.5. The fraction of sp³-hybridized carbons (Fsp3) is 0.500. The lowest BCUT2D eigenvalue weighted by atomic mass is 10.0. The molecule has 2 aromatic rings. The number of unbranched alkanes of at least 4 members (excludes halogenated alkanes) is 1. The lowest BCUT2D eigenvalue weighted by molar-refractivity contribution is 0.0665. The molecule has 1 saturated heterocycles. The van der Waals surface area contributed by atoms with Gasteiger partial charge in [0.05, 0.1) is 18.2 Å². The molecule has 2 aromatic carbocycles. The number of piperidine rings is 1. The van der Waals surface area contributed by atoms with E-state index in [0.717, 1.165) is 68.8 Å². The number of halogens is 1. The number of likely N-dealkylation sites (N-methyl/N-ethyl adjacent to an activating group) is 1. The Morgan fingerprint density at radius 2 is 1.88 bits per heavy atom. The molecular formula is C26H31FN2O3. The second-order valence-electron chi connectivity index (χ2n) is 9.28. The second-order valence-corrected chi connectivity index (χ2v) is 9.28. The van der Waals surface area contributed by atoms with Crippen molar-refractivity contribution in [3.8, 4) is 11.5 Å². The third-order valence-electron chi connectivity index (χ3n) is 7.26. The van der Waals surface area contributed by atoms with E-state index >= 15 is 0 Å². The van der Waals surface area contributed by atoms with E-state index < -0.39 is 5.60 Å². The number of hydrogen-bond donors (Lipinski definition) is 0. The molecule has 170 valence electrons. The molecule has 2 heterocycles. The van der Waals surface area contributed by atoms with Gasteiger partial charge in [-0.05, 0) is 88.8 Å². The van der Waals surface area contributed by atoms with Crippen LogP contribution in [0.25, 0.3) is 0 Å². The van der Waals surface area contributed by atoms with Crippen molar-refractivity contribution in [1.29, 1.82) is 0 Å². The van der Waals surface area contributed by atoms with Gasteiger partial charge in [0.25, 0.3) is 0 Å². The summed E-state index contributed by atoms with van der Waals surface area (Å²) in [6.07, 6.45) is 5.12. The molecule has 0 bridgehead atoms. The van der Waals surface area contributed by atoms with Crippen molar-refractivity contribution in [2.24, 2.45) is 0 Å². The number of fused-ring (bicyclic) bond motifs is 1. The van der Waals surface area contributed by atoms with E-state index in [2.05, 4.69) is 16.8 Å². The van der Waals surface area contributed by atoms with Crippen molar-refractivity contribution in [2.75, 3.05) is 33.3 Å². The Hall–Kier alpha value is -2.44. The topological polar surface area (TPSA) is 42.0 Å². The zero-order valence-corrected chi connectivity index (χ0v) is 18.6. The van der Waals surface area contributed by atoms with E-state index in [-0.39, 0.29) is 17.6 Å². The van der Waals surface area contributed by atoms with Crippen LogP contribution < -0.4 is 9.47 Å². The van der Waals surface area contributed by atoms with Gasteiger partial charge in [-0.25, -0.2) is 4.39 Å². The molecule has 0 aromatic heterocycles. The van der Waals surface area contributed by atoms with Gasteiger partial charge < -0.3 is 14.4 Å². The molecule has 1 aliphatic carbocycles. The number of nitrogens with zero attached hydrogens (tertiary/aromatic N) is 2. The number of carbonyl (C=O) groups excluding carboxylic acids is 1. The molecule has 2 fully saturated rings. The molecule has 5 rings (SSSR count). The normalized spacial score (nSPS) is 25.2. The van der Waals surface area contributed by atoms with Crippen molar-refractivity contribution in [3.63, 3.8) is 0 Å². The van der Waals surface area contributed by atoms with Gasteiger partial charge in [0.2, 0.25) is 5.78 Å². The minimum absolute atomic E-state index is 0.158. The molecule has 0 N–H and O–H groups in total. The molecule has 2 unspecified atom stereocenters. The SMILES string of the molecule is CN(C1CCN(CCCCOc2ccc(F)cc2)CC1)C1CC12Oc1ccccc1C2=O. The second kappa shape index (κ2) is 8.83. The van der Waals surface area contributed by atoms with Crippen LogP contribution >= 0.6 is 0 Å². The Kier molecular flexibility index (Phi) is 5.91. The summed E-state index contributed by atoms with van der Waals surface area (Å²) >= 11 is 0. The van der Waals surface area contributed by atoms with E-state index in [1.54, 1.807) is 12.1 Å². The molecule has 2 aliphatic heterocycles. The van der Waals surface area contributed by atoms with Crippen LogP contribution in [-0.2, 0) is 0 Å². The fourth-order valence-electron chi connectivity index (χ4n) is 5.23. The summed E-state index contributed by atoms with van der Waals surface area (Å²) in [5, 5.41) is 0. The summed E-state index contributed by atoms with van der Waals surface area (Å²) in [6.45, 7) is 3.91. The smallest absolute Gasteiger partial charge is 0.211 e. The van der Waals surface area contributed by atoms with E-state index in [4.69, 9.17) is 9.47 Å². The summed E-state index contributed by atoms with van der Waals surface area (Å²) in [4.78, 5) is 17.8. The Morgan fingerprint density at radius 1 is 1.12 bits per heavy atom. The Labute approximate surface area is 189 Å². The Morgan fingerprint density at radius 3 is 2.62 bits per heavy atom. The van der Waals surface area contributed by atoms with Crippen LogP contribution in [-0.4, -0.2) is 66.6 Å². The molecule has 5 nitrogen and oxygen atoms in total. The number of carbonyl (C=O) groups is 1. The molecule has 0 amide bonds. The first kappa shape index (κ1) is 21.4. The average Bonchev–Trinajstić information content (AvgIpc) is 3.47. The lowest BCUT2D eigenvalue weighted by Gasteiger charge is -2.37. The van der Waals surface area contributed by atoms with Gasteiger partial charge in [0.1, 0.15) is 17.3 Å². The monoisotopic (exact) mass is 438 g/mol. The van der Waals surface area contributed by atoms with Crippen molar-refractivity contribution in [3.05, 3.63) is 59.9 Å². The van der Waals surface area contributed by atoms with Crippen LogP contribution in [0, 0.1) is 5.82 Å². The zero-order valence-electron chi connectivity index (χ0n) is 18.6. The lowest BCUT2D eigenvalue weighted by Crippen LogP contribution is -2.47. The first-order valence-corrected chi connectivity index (χ1v) is 11.7. The van der Waals surface area contributed by atoms with Gasteiger partial charge in [-0.2, -0.15) is 0 Å². The van der Waals surface area contributed by atoms with Gasteiger partial charge in [-0.1, -0.05) is 12.1 Å². The zero-order chi connectivity index (χ0) is 22.1. The van der Waals surface area contributed by atoms with Crippen molar-refractivity contribution in [2.45, 2.75) is 49.8 Å². The third kappa shape index (κ3) is 4.14. The van der Waals surface area contributed by atoms with Gasteiger partial charge >= 0.3 is 0 Å². The molecule has 0 radical (unpaired) electrons. The molecule has 6 heteroatoms. The molecule has 32 heavy (non-hydrogen) atoms. The fourth-order valence-corrected chi connectivity index (χ4v) is 5.23.